The fourth-order valence-electron chi connectivity index (χ4n) is 1.79. The number of benzene rings is 1. The number of fused-ring (bicyclic) bond motifs is 1. The highest BCUT2D eigenvalue weighted by Crippen LogP contribution is 2.29. The second kappa shape index (κ2) is 3.62. The lowest BCUT2D eigenvalue weighted by molar-refractivity contribution is 0.0814. The van der Waals surface area contributed by atoms with Gasteiger partial charge in [0.2, 0.25) is 0 Å². The highest BCUT2D eigenvalue weighted by Gasteiger charge is 2.16. The molecule has 0 aliphatic carbocycles. The Morgan fingerprint density at radius 2 is 2.07 bits per heavy atom. The zero-order valence-corrected chi connectivity index (χ0v) is 10.2. The summed E-state index contributed by atoms with van der Waals surface area (Å²) in [5, 5.41) is 13.2. The SMILES string of the molecule is Cc1ccc2c(CC(C)(C)O)csc2c1. The van der Waals surface area contributed by atoms with Crippen molar-refractivity contribution in [3.8, 4) is 0 Å². The Morgan fingerprint density at radius 3 is 2.73 bits per heavy atom. The van der Waals surface area contributed by atoms with Crippen LogP contribution in [0.1, 0.15) is 25.0 Å². The van der Waals surface area contributed by atoms with Crippen molar-refractivity contribution in [1.29, 1.82) is 0 Å². The van der Waals surface area contributed by atoms with Crippen LogP contribution in [0.25, 0.3) is 10.1 Å². The molecule has 2 aromatic rings. The summed E-state index contributed by atoms with van der Waals surface area (Å²) < 4.78 is 1.31. The Bertz CT molecular complexity index is 477. The molecule has 1 nitrogen and oxygen atoms in total. The molecule has 0 aliphatic heterocycles. The van der Waals surface area contributed by atoms with E-state index in [4.69, 9.17) is 0 Å². The minimum Gasteiger partial charge on any atom is -0.390 e. The topological polar surface area (TPSA) is 20.2 Å². The molecule has 80 valence electrons. The van der Waals surface area contributed by atoms with Gasteiger partial charge in [0, 0.05) is 11.1 Å². The second-order valence-corrected chi connectivity index (χ2v) is 5.66. The van der Waals surface area contributed by atoms with E-state index in [9.17, 15) is 5.11 Å². The summed E-state index contributed by atoms with van der Waals surface area (Å²) in [5.41, 5.74) is 1.92. The minimum absolute atomic E-state index is 0.626. The summed E-state index contributed by atoms with van der Waals surface area (Å²) in [7, 11) is 0. The van der Waals surface area contributed by atoms with Crippen molar-refractivity contribution < 1.29 is 5.11 Å². The molecule has 0 saturated heterocycles. The first kappa shape index (κ1) is 10.7. The van der Waals surface area contributed by atoms with Gasteiger partial charge in [-0.05, 0) is 48.7 Å². The fraction of sp³-hybridized carbons (Fsp3) is 0.385. The van der Waals surface area contributed by atoms with Crippen molar-refractivity contribution in [3.63, 3.8) is 0 Å². The van der Waals surface area contributed by atoms with E-state index in [1.807, 2.05) is 13.8 Å². The van der Waals surface area contributed by atoms with Crippen LogP contribution < -0.4 is 0 Å². The Hall–Kier alpha value is -0.860. The lowest BCUT2D eigenvalue weighted by atomic mass is 9.98. The van der Waals surface area contributed by atoms with Crippen LogP contribution in [0, 0.1) is 6.92 Å². The van der Waals surface area contributed by atoms with Gasteiger partial charge in [-0.3, -0.25) is 0 Å². The van der Waals surface area contributed by atoms with Crippen molar-refractivity contribution in [3.05, 3.63) is 34.7 Å². The standard InChI is InChI=1S/C13H16OS/c1-9-4-5-11-10(7-13(2,3)14)8-15-12(11)6-9/h4-6,8,14H,7H2,1-3H3. The molecule has 2 heteroatoms. The van der Waals surface area contributed by atoms with Gasteiger partial charge in [0.25, 0.3) is 0 Å². The maximum atomic E-state index is 9.81. The average Bonchev–Trinajstić information content (AvgIpc) is 2.45. The molecule has 1 aromatic heterocycles. The van der Waals surface area contributed by atoms with Gasteiger partial charge in [-0.25, -0.2) is 0 Å². The molecule has 0 amide bonds. The van der Waals surface area contributed by atoms with E-state index in [-0.39, 0.29) is 0 Å². The summed E-state index contributed by atoms with van der Waals surface area (Å²) in [6.45, 7) is 5.81. The van der Waals surface area contributed by atoms with Crippen LogP contribution in [0.3, 0.4) is 0 Å². The second-order valence-electron chi connectivity index (χ2n) is 4.75. The van der Waals surface area contributed by atoms with E-state index in [1.165, 1.54) is 21.2 Å². The first-order chi connectivity index (χ1) is 6.96. The van der Waals surface area contributed by atoms with Crippen molar-refractivity contribution in [1.82, 2.24) is 0 Å². The Morgan fingerprint density at radius 1 is 1.33 bits per heavy atom. The van der Waals surface area contributed by atoms with Gasteiger partial charge in [0.15, 0.2) is 0 Å². The van der Waals surface area contributed by atoms with Crippen LogP contribution >= 0.6 is 11.3 Å². The number of thiophene rings is 1. The third-order valence-corrected chi connectivity index (χ3v) is 3.43. The molecule has 15 heavy (non-hydrogen) atoms. The van der Waals surface area contributed by atoms with E-state index < -0.39 is 5.60 Å². The van der Waals surface area contributed by atoms with E-state index in [0.717, 1.165) is 6.42 Å². The van der Waals surface area contributed by atoms with E-state index in [1.54, 1.807) is 11.3 Å². The normalized spacial score (nSPS) is 12.3. The number of aliphatic hydroxyl groups is 1. The van der Waals surface area contributed by atoms with Gasteiger partial charge in [-0.1, -0.05) is 12.1 Å². The van der Waals surface area contributed by atoms with Crippen molar-refractivity contribution in [2.75, 3.05) is 0 Å². The summed E-state index contributed by atoms with van der Waals surface area (Å²) in [6.07, 6.45) is 0.718. The zero-order chi connectivity index (χ0) is 11.1. The van der Waals surface area contributed by atoms with Gasteiger partial charge >= 0.3 is 0 Å². The maximum absolute atomic E-state index is 9.81. The highest BCUT2D eigenvalue weighted by molar-refractivity contribution is 7.17. The van der Waals surface area contributed by atoms with Crippen molar-refractivity contribution >= 4 is 21.4 Å². The number of rotatable bonds is 2. The number of hydrogen-bond donors (Lipinski definition) is 1. The first-order valence-electron chi connectivity index (χ1n) is 5.15. The number of aryl methyl sites for hydroxylation is 1. The van der Waals surface area contributed by atoms with Crippen molar-refractivity contribution in [2.24, 2.45) is 0 Å². The van der Waals surface area contributed by atoms with E-state index in [2.05, 4.69) is 30.5 Å². The Labute approximate surface area is 94.4 Å². The average molecular weight is 220 g/mol. The highest BCUT2D eigenvalue weighted by atomic mass is 32.1. The molecule has 0 atom stereocenters. The quantitative estimate of drug-likeness (QED) is 0.821. The molecule has 0 aliphatic rings. The van der Waals surface area contributed by atoms with Crippen LogP contribution in [-0.4, -0.2) is 10.7 Å². The summed E-state index contributed by atoms with van der Waals surface area (Å²) in [4.78, 5) is 0. The van der Waals surface area contributed by atoms with Gasteiger partial charge in [0.05, 0.1) is 5.60 Å². The van der Waals surface area contributed by atoms with Crippen molar-refractivity contribution in [2.45, 2.75) is 32.8 Å². The van der Waals surface area contributed by atoms with Gasteiger partial charge < -0.3 is 5.11 Å². The molecule has 0 radical (unpaired) electrons. The Balaban J connectivity index is 2.45. The first-order valence-corrected chi connectivity index (χ1v) is 6.03. The molecule has 1 aromatic carbocycles. The summed E-state index contributed by atoms with van der Waals surface area (Å²) >= 11 is 1.76. The molecule has 0 saturated carbocycles. The summed E-state index contributed by atoms with van der Waals surface area (Å²) in [5.74, 6) is 0. The third-order valence-electron chi connectivity index (χ3n) is 2.43. The van der Waals surface area contributed by atoms with E-state index >= 15 is 0 Å². The molecule has 2 rings (SSSR count). The molecule has 0 bridgehead atoms. The molecule has 0 unspecified atom stereocenters. The smallest absolute Gasteiger partial charge is 0.0632 e. The molecule has 1 heterocycles. The van der Waals surface area contributed by atoms with Gasteiger partial charge in [0.1, 0.15) is 0 Å². The predicted molar refractivity (Wildman–Crippen MR) is 66.6 cm³/mol. The number of hydrogen-bond acceptors (Lipinski definition) is 2. The molecular formula is C13H16OS. The van der Waals surface area contributed by atoms with Crippen LogP contribution in [0.15, 0.2) is 23.6 Å². The van der Waals surface area contributed by atoms with Gasteiger partial charge in [-0.15, -0.1) is 11.3 Å². The monoisotopic (exact) mass is 220 g/mol. The van der Waals surface area contributed by atoms with Crippen LogP contribution in [0.4, 0.5) is 0 Å². The Kier molecular flexibility index (Phi) is 2.57. The largest absolute Gasteiger partial charge is 0.390 e. The molecule has 1 N–H and O–H groups in total. The van der Waals surface area contributed by atoms with Gasteiger partial charge in [-0.2, -0.15) is 0 Å². The predicted octanol–water partition coefficient (Wildman–Crippen LogP) is 3.52. The molecule has 0 spiro atoms. The minimum atomic E-state index is -0.626. The molecular weight excluding hydrogens is 204 g/mol. The van der Waals surface area contributed by atoms with Crippen LogP contribution in [0.5, 0.6) is 0 Å². The zero-order valence-electron chi connectivity index (χ0n) is 9.37. The maximum Gasteiger partial charge on any atom is 0.0632 e. The lowest BCUT2D eigenvalue weighted by Gasteiger charge is -2.16. The fourth-order valence-corrected chi connectivity index (χ4v) is 2.85. The van der Waals surface area contributed by atoms with Crippen LogP contribution in [-0.2, 0) is 6.42 Å². The molecule has 0 fully saturated rings. The third kappa shape index (κ3) is 2.39. The van der Waals surface area contributed by atoms with E-state index in [0.29, 0.717) is 0 Å². The van der Waals surface area contributed by atoms with Crippen LogP contribution in [0.2, 0.25) is 0 Å². The lowest BCUT2D eigenvalue weighted by Crippen LogP contribution is -2.21. The summed E-state index contributed by atoms with van der Waals surface area (Å²) in [6, 6.07) is 6.49.